The summed E-state index contributed by atoms with van der Waals surface area (Å²) in [6, 6.07) is 17.0. The van der Waals surface area contributed by atoms with Gasteiger partial charge in [0.1, 0.15) is 11.4 Å². The molecule has 0 spiro atoms. The van der Waals surface area contributed by atoms with Crippen LogP contribution in [0.4, 0.5) is 10.1 Å². The number of hydrogen-bond donors (Lipinski definition) is 1. The lowest BCUT2D eigenvalue weighted by Crippen LogP contribution is -2.11. The number of carbonyl (C=O) groups excluding carboxylic acids is 2. The van der Waals surface area contributed by atoms with Gasteiger partial charge in [0.2, 0.25) is 5.78 Å². The SMILES string of the molecule is Cc1c(C(=O)c2ccc(Cl)cc2)oc2cc(NC(=O)c3ccc(F)cc3)ccc12. The minimum absolute atomic E-state index is 0.240. The molecule has 0 aliphatic heterocycles. The van der Waals surface area contributed by atoms with Crippen LogP contribution in [0.2, 0.25) is 5.02 Å². The predicted octanol–water partition coefficient (Wildman–Crippen LogP) is 6.02. The molecular weight excluding hydrogens is 393 g/mol. The molecule has 1 N–H and O–H groups in total. The third kappa shape index (κ3) is 3.77. The quantitative estimate of drug-likeness (QED) is 0.421. The van der Waals surface area contributed by atoms with Crippen LogP contribution in [0, 0.1) is 12.7 Å². The first-order valence-electron chi connectivity index (χ1n) is 8.83. The number of anilines is 1. The first-order valence-corrected chi connectivity index (χ1v) is 9.20. The number of fused-ring (bicyclic) bond motifs is 1. The smallest absolute Gasteiger partial charge is 0.255 e. The molecule has 0 atom stereocenters. The second-order valence-corrected chi connectivity index (χ2v) is 7.00. The normalized spacial score (nSPS) is 10.9. The van der Waals surface area contributed by atoms with E-state index in [0.717, 1.165) is 10.9 Å². The van der Waals surface area contributed by atoms with E-state index < -0.39 is 5.82 Å². The Bertz CT molecular complexity index is 1230. The fourth-order valence-electron chi connectivity index (χ4n) is 3.06. The zero-order chi connectivity index (χ0) is 20.5. The molecule has 144 valence electrons. The highest BCUT2D eigenvalue weighted by molar-refractivity contribution is 6.30. The molecule has 0 aliphatic rings. The van der Waals surface area contributed by atoms with Gasteiger partial charge in [-0.3, -0.25) is 9.59 Å². The molecule has 0 radical (unpaired) electrons. The van der Waals surface area contributed by atoms with Crippen LogP contribution >= 0.6 is 11.6 Å². The van der Waals surface area contributed by atoms with Gasteiger partial charge in [0.05, 0.1) is 0 Å². The Balaban J connectivity index is 1.63. The summed E-state index contributed by atoms with van der Waals surface area (Å²) in [6.07, 6.45) is 0. The highest BCUT2D eigenvalue weighted by Gasteiger charge is 2.19. The maximum absolute atomic E-state index is 13.0. The van der Waals surface area contributed by atoms with E-state index in [1.54, 1.807) is 42.5 Å². The van der Waals surface area contributed by atoms with Crippen molar-refractivity contribution < 1.29 is 18.4 Å². The van der Waals surface area contributed by atoms with Crippen LogP contribution < -0.4 is 5.32 Å². The van der Waals surface area contributed by atoms with E-state index in [1.165, 1.54) is 24.3 Å². The summed E-state index contributed by atoms with van der Waals surface area (Å²) in [7, 11) is 0. The number of amides is 1. The molecular formula is C23H15ClFNO3. The third-order valence-electron chi connectivity index (χ3n) is 4.62. The third-order valence-corrected chi connectivity index (χ3v) is 4.87. The fraction of sp³-hybridized carbons (Fsp3) is 0.0435. The van der Waals surface area contributed by atoms with Gasteiger partial charge in [-0.25, -0.2) is 4.39 Å². The Morgan fingerprint density at radius 2 is 1.59 bits per heavy atom. The topological polar surface area (TPSA) is 59.3 Å². The van der Waals surface area contributed by atoms with E-state index in [-0.39, 0.29) is 17.5 Å². The van der Waals surface area contributed by atoms with Crippen molar-refractivity contribution in [1.82, 2.24) is 0 Å². The minimum Gasteiger partial charge on any atom is -0.452 e. The van der Waals surface area contributed by atoms with Crippen molar-refractivity contribution in [2.45, 2.75) is 6.92 Å². The highest BCUT2D eigenvalue weighted by atomic mass is 35.5. The first-order chi connectivity index (χ1) is 13.9. The van der Waals surface area contributed by atoms with Crippen molar-refractivity contribution in [3.8, 4) is 0 Å². The molecule has 1 aromatic heterocycles. The number of benzene rings is 3. The fourth-order valence-corrected chi connectivity index (χ4v) is 3.18. The van der Waals surface area contributed by atoms with Crippen molar-refractivity contribution in [2.75, 3.05) is 5.32 Å². The lowest BCUT2D eigenvalue weighted by molar-refractivity contribution is 0.101. The molecule has 1 heterocycles. The lowest BCUT2D eigenvalue weighted by Gasteiger charge is -2.05. The number of rotatable bonds is 4. The second-order valence-electron chi connectivity index (χ2n) is 6.56. The molecule has 6 heteroatoms. The molecule has 4 aromatic rings. The van der Waals surface area contributed by atoms with Crippen molar-refractivity contribution in [3.05, 3.63) is 100 Å². The van der Waals surface area contributed by atoms with E-state index in [2.05, 4.69) is 5.32 Å². The van der Waals surface area contributed by atoms with Crippen LogP contribution in [-0.4, -0.2) is 11.7 Å². The van der Waals surface area contributed by atoms with Crippen molar-refractivity contribution in [2.24, 2.45) is 0 Å². The monoisotopic (exact) mass is 407 g/mol. The van der Waals surface area contributed by atoms with E-state index in [4.69, 9.17) is 16.0 Å². The van der Waals surface area contributed by atoms with Crippen molar-refractivity contribution in [3.63, 3.8) is 0 Å². The molecule has 0 unspecified atom stereocenters. The Morgan fingerprint density at radius 3 is 2.28 bits per heavy atom. The predicted molar refractivity (Wildman–Crippen MR) is 110 cm³/mol. The van der Waals surface area contributed by atoms with Crippen LogP contribution in [-0.2, 0) is 0 Å². The molecule has 29 heavy (non-hydrogen) atoms. The van der Waals surface area contributed by atoms with Crippen molar-refractivity contribution in [1.29, 1.82) is 0 Å². The average molecular weight is 408 g/mol. The molecule has 0 fully saturated rings. The van der Waals surface area contributed by atoms with Gasteiger partial charge >= 0.3 is 0 Å². The molecule has 3 aromatic carbocycles. The number of ketones is 1. The van der Waals surface area contributed by atoms with Crippen molar-refractivity contribution >= 4 is 39.9 Å². The Labute approximate surface area is 170 Å². The van der Waals surface area contributed by atoms with E-state index in [9.17, 15) is 14.0 Å². The Morgan fingerprint density at radius 1 is 0.931 bits per heavy atom. The van der Waals surface area contributed by atoms with Gasteiger partial charge in [0.15, 0.2) is 5.76 Å². The number of hydrogen-bond acceptors (Lipinski definition) is 3. The molecule has 4 nitrogen and oxygen atoms in total. The summed E-state index contributed by atoms with van der Waals surface area (Å²) < 4.78 is 18.8. The zero-order valence-corrected chi connectivity index (χ0v) is 16.1. The zero-order valence-electron chi connectivity index (χ0n) is 15.3. The summed E-state index contributed by atoms with van der Waals surface area (Å²) in [4.78, 5) is 25.1. The van der Waals surface area contributed by atoms with Gasteiger partial charge in [-0.1, -0.05) is 11.6 Å². The van der Waals surface area contributed by atoms with Crippen LogP contribution in [0.3, 0.4) is 0 Å². The summed E-state index contributed by atoms with van der Waals surface area (Å²) in [6.45, 7) is 1.81. The highest BCUT2D eigenvalue weighted by Crippen LogP contribution is 2.29. The second kappa shape index (κ2) is 7.53. The number of aryl methyl sites for hydroxylation is 1. The molecule has 0 aliphatic carbocycles. The average Bonchev–Trinajstić information content (AvgIpc) is 3.04. The number of furan rings is 1. The standard InChI is InChI=1S/C23H15ClFNO3/c1-13-19-11-10-18(26-23(28)15-4-8-17(25)9-5-15)12-20(19)29-22(13)21(27)14-2-6-16(24)7-3-14/h2-12H,1H3,(H,26,28). The Kier molecular flexibility index (Phi) is 4.91. The van der Waals surface area contributed by atoms with Crippen LogP contribution in [0.5, 0.6) is 0 Å². The molecule has 1 amide bonds. The van der Waals surface area contributed by atoms with Crippen LogP contribution in [0.15, 0.2) is 71.1 Å². The molecule has 4 rings (SSSR count). The molecule has 0 bridgehead atoms. The summed E-state index contributed by atoms with van der Waals surface area (Å²) >= 11 is 5.88. The first kappa shape index (κ1) is 18.9. The van der Waals surface area contributed by atoms with Crippen LogP contribution in [0.25, 0.3) is 11.0 Å². The maximum atomic E-state index is 13.0. The number of carbonyl (C=O) groups is 2. The number of nitrogens with one attached hydrogen (secondary N) is 1. The van der Waals surface area contributed by atoms with E-state index >= 15 is 0 Å². The summed E-state index contributed by atoms with van der Waals surface area (Å²) in [5.74, 6) is -0.784. The van der Waals surface area contributed by atoms with Gasteiger partial charge in [-0.15, -0.1) is 0 Å². The van der Waals surface area contributed by atoms with Gasteiger partial charge in [-0.05, 0) is 67.6 Å². The maximum Gasteiger partial charge on any atom is 0.255 e. The summed E-state index contributed by atoms with van der Waals surface area (Å²) in [5, 5.41) is 4.07. The van der Waals surface area contributed by atoms with E-state index in [1.807, 2.05) is 6.92 Å². The van der Waals surface area contributed by atoms with Crippen LogP contribution in [0.1, 0.15) is 32.0 Å². The van der Waals surface area contributed by atoms with Gasteiger partial charge in [0, 0.05) is 38.9 Å². The minimum atomic E-state index is -0.410. The molecule has 0 saturated heterocycles. The van der Waals surface area contributed by atoms with E-state index in [0.29, 0.717) is 27.4 Å². The van der Waals surface area contributed by atoms with Gasteiger partial charge < -0.3 is 9.73 Å². The molecule has 0 saturated carbocycles. The van der Waals surface area contributed by atoms with Gasteiger partial charge in [0.25, 0.3) is 5.91 Å². The van der Waals surface area contributed by atoms with Gasteiger partial charge in [-0.2, -0.15) is 0 Å². The largest absolute Gasteiger partial charge is 0.452 e. The Hall–Kier alpha value is -3.44. The number of halogens is 2. The summed E-state index contributed by atoms with van der Waals surface area (Å²) in [5.41, 5.74) is 2.52. The lowest BCUT2D eigenvalue weighted by atomic mass is 10.0.